The Morgan fingerprint density at radius 2 is 1.82 bits per heavy atom. The van der Waals surface area contributed by atoms with Crippen molar-refractivity contribution in [1.82, 2.24) is 5.32 Å². The number of nitrogens with one attached hydrogen (secondary N) is 1. The summed E-state index contributed by atoms with van der Waals surface area (Å²) >= 11 is 0. The largest absolute Gasteiger partial charge is 0.310 e. The van der Waals surface area contributed by atoms with Crippen LogP contribution in [0, 0.1) is 24.5 Å². The molecule has 0 saturated heterocycles. The van der Waals surface area contributed by atoms with Gasteiger partial charge >= 0.3 is 0 Å². The molecule has 1 aromatic carbocycles. The first-order chi connectivity index (χ1) is 7.97. The lowest BCUT2D eigenvalue weighted by Gasteiger charge is -2.23. The molecule has 0 bridgehead atoms. The second-order valence-corrected chi connectivity index (χ2v) is 4.80. The maximum absolute atomic E-state index is 13.8. The maximum Gasteiger partial charge on any atom is 0.130 e. The van der Waals surface area contributed by atoms with Gasteiger partial charge in [0.15, 0.2) is 0 Å². The zero-order valence-electron chi connectivity index (χ0n) is 11.0. The normalized spacial score (nSPS) is 13.1. The molecule has 17 heavy (non-hydrogen) atoms. The summed E-state index contributed by atoms with van der Waals surface area (Å²) in [6, 6.07) is 2.53. The molecule has 0 aliphatic heterocycles. The van der Waals surface area contributed by atoms with E-state index in [0.717, 1.165) is 19.0 Å². The third-order valence-electron chi connectivity index (χ3n) is 2.89. The molecule has 0 spiro atoms. The lowest BCUT2D eigenvalue weighted by Crippen LogP contribution is -2.27. The fourth-order valence-electron chi connectivity index (χ4n) is 1.92. The molecular formula is C14H21F2N. The third-order valence-corrected chi connectivity index (χ3v) is 2.89. The number of hydrogen-bond donors (Lipinski definition) is 1. The number of halogens is 2. The molecule has 0 heterocycles. The van der Waals surface area contributed by atoms with Crippen molar-refractivity contribution in [3.63, 3.8) is 0 Å². The molecule has 96 valence electrons. The Balaban J connectivity index is 3.05. The lowest BCUT2D eigenvalue weighted by molar-refractivity contribution is 0.396. The Morgan fingerprint density at radius 1 is 1.18 bits per heavy atom. The summed E-state index contributed by atoms with van der Waals surface area (Å²) in [5.74, 6) is -0.680. The fraction of sp³-hybridized carbons (Fsp3) is 0.571. The summed E-state index contributed by atoms with van der Waals surface area (Å²) in [6.45, 7) is 8.63. The van der Waals surface area contributed by atoms with Crippen molar-refractivity contribution in [3.8, 4) is 0 Å². The zero-order chi connectivity index (χ0) is 13.0. The van der Waals surface area contributed by atoms with Crippen LogP contribution in [0.15, 0.2) is 12.1 Å². The standard InChI is InChI=1S/C14H21F2N/c1-5-6-17-14(9(2)3)11-7-10(4)12(15)8-13(11)16/h7-9,14,17H,5-6H2,1-4H3. The zero-order valence-corrected chi connectivity index (χ0v) is 11.0. The van der Waals surface area contributed by atoms with Gasteiger partial charge in [-0.25, -0.2) is 8.78 Å². The molecule has 0 fully saturated rings. The van der Waals surface area contributed by atoms with Crippen LogP contribution in [0.2, 0.25) is 0 Å². The predicted molar refractivity (Wildman–Crippen MR) is 67.0 cm³/mol. The molecule has 0 aromatic heterocycles. The van der Waals surface area contributed by atoms with E-state index in [9.17, 15) is 8.78 Å². The highest BCUT2D eigenvalue weighted by Crippen LogP contribution is 2.26. The Kier molecular flexibility index (Phi) is 5.06. The van der Waals surface area contributed by atoms with Crippen LogP contribution < -0.4 is 5.32 Å². The van der Waals surface area contributed by atoms with Crippen molar-refractivity contribution >= 4 is 0 Å². The van der Waals surface area contributed by atoms with Crippen LogP contribution in [0.3, 0.4) is 0 Å². The van der Waals surface area contributed by atoms with Crippen LogP contribution in [0.25, 0.3) is 0 Å². The number of rotatable bonds is 5. The highest BCUT2D eigenvalue weighted by Gasteiger charge is 2.19. The van der Waals surface area contributed by atoms with Gasteiger partial charge in [0.2, 0.25) is 0 Å². The van der Waals surface area contributed by atoms with E-state index >= 15 is 0 Å². The van der Waals surface area contributed by atoms with E-state index in [2.05, 4.69) is 12.2 Å². The molecule has 1 unspecified atom stereocenters. The van der Waals surface area contributed by atoms with Crippen LogP contribution in [0.5, 0.6) is 0 Å². The third kappa shape index (κ3) is 3.50. The molecule has 0 radical (unpaired) electrons. The van der Waals surface area contributed by atoms with E-state index in [4.69, 9.17) is 0 Å². The Bertz CT molecular complexity index is 375. The average Bonchev–Trinajstić information content (AvgIpc) is 2.25. The predicted octanol–water partition coefficient (Wildman–Crippen LogP) is 3.97. The van der Waals surface area contributed by atoms with Crippen molar-refractivity contribution in [2.24, 2.45) is 5.92 Å². The van der Waals surface area contributed by atoms with Crippen LogP contribution in [0.4, 0.5) is 8.78 Å². The molecule has 0 aliphatic carbocycles. The summed E-state index contributed by atoms with van der Waals surface area (Å²) in [4.78, 5) is 0. The first-order valence-corrected chi connectivity index (χ1v) is 6.16. The molecule has 0 aliphatic rings. The van der Waals surface area contributed by atoms with E-state index in [0.29, 0.717) is 11.1 Å². The summed E-state index contributed by atoms with van der Waals surface area (Å²) in [5.41, 5.74) is 1.05. The quantitative estimate of drug-likeness (QED) is 0.822. The molecule has 1 rings (SSSR count). The molecule has 3 heteroatoms. The summed E-state index contributed by atoms with van der Waals surface area (Å²) in [6.07, 6.45) is 0.991. The van der Waals surface area contributed by atoms with Gasteiger partial charge in [0.1, 0.15) is 11.6 Å². The van der Waals surface area contributed by atoms with Gasteiger partial charge in [-0.05, 0) is 37.4 Å². The molecule has 1 N–H and O–H groups in total. The molecule has 1 nitrogen and oxygen atoms in total. The Hall–Kier alpha value is -0.960. The van der Waals surface area contributed by atoms with E-state index in [1.165, 1.54) is 0 Å². The van der Waals surface area contributed by atoms with Crippen molar-refractivity contribution in [1.29, 1.82) is 0 Å². The Labute approximate surface area is 102 Å². The highest BCUT2D eigenvalue weighted by atomic mass is 19.1. The average molecular weight is 241 g/mol. The SMILES string of the molecule is CCCNC(c1cc(C)c(F)cc1F)C(C)C. The van der Waals surface area contributed by atoms with Crippen LogP contribution in [0.1, 0.15) is 44.4 Å². The monoisotopic (exact) mass is 241 g/mol. The van der Waals surface area contributed by atoms with Crippen molar-refractivity contribution in [3.05, 3.63) is 34.9 Å². The van der Waals surface area contributed by atoms with Crippen LogP contribution in [-0.4, -0.2) is 6.54 Å². The van der Waals surface area contributed by atoms with Gasteiger partial charge in [-0.15, -0.1) is 0 Å². The Morgan fingerprint density at radius 3 is 2.35 bits per heavy atom. The van der Waals surface area contributed by atoms with Gasteiger partial charge < -0.3 is 5.32 Å². The molecule has 1 aromatic rings. The summed E-state index contributed by atoms with van der Waals surface area (Å²) in [5, 5.41) is 3.31. The minimum atomic E-state index is -0.482. The van der Waals surface area contributed by atoms with E-state index in [1.54, 1.807) is 13.0 Å². The minimum Gasteiger partial charge on any atom is -0.310 e. The first kappa shape index (κ1) is 14.1. The second-order valence-electron chi connectivity index (χ2n) is 4.80. The molecule has 0 amide bonds. The van der Waals surface area contributed by atoms with E-state index in [-0.39, 0.29) is 12.0 Å². The topological polar surface area (TPSA) is 12.0 Å². The fourth-order valence-corrected chi connectivity index (χ4v) is 1.92. The number of hydrogen-bond acceptors (Lipinski definition) is 1. The van der Waals surface area contributed by atoms with Gasteiger partial charge in [-0.3, -0.25) is 0 Å². The second kappa shape index (κ2) is 6.10. The van der Waals surface area contributed by atoms with Gasteiger partial charge in [0, 0.05) is 17.7 Å². The number of benzene rings is 1. The van der Waals surface area contributed by atoms with Gasteiger partial charge in [0.25, 0.3) is 0 Å². The molecule has 0 saturated carbocycles. The molecule has 1 atom stereocenters. The van der Waals surface area contributed by atoms with Gasteiger partial charge in [-0.2, -0.15) is 0 Å². The van der Waals surface area contributed by atoms with E-state index in [1.807, 2.05) is 13.8 Å². The van der Waals surface area contributed by atoms with Crippen LogP contribution >= 0.6 is 0 Å². The lowest BCUT2D eigenvalue weighted by atomic mass is 9.94. The van der Waals surface area contributed by atoms with E-state index < -0.39 is 11.6 Å². The number of aryl methyl sites for hydroxylation is 1. The smallest absolute Gasteiger partial charge is 0.130 e. The summed E-state index contributed by atoms with van der Waals surface area (Å²) < 4.78 is 27.0. The van der Waals surface area contributed by atoms with Gasteiger partial charge in [-0.1, -0.05) is 20.8 Å². The first-order valence-electron chi connectivity index (χ1n) is 6.16. The minimum absolute atomic E-state index is 0.0609. The van der Waals surface area contributed by atoms with Gasteiger partial charge in [0.05, 0.1) is 0 Å². The molecular weight excluding hydrogens is 220 g/mol. The van der Waals surface area contributed by atoms with Crippen molar-refractivity contribution in [2.45, 2.75) is 40.2 Å². The van der Waals surface area contributed by atoms with Crippen LogP contribution in [-0.2, 0) is 0 Å². The summed E-state index contributed by atoms with van der Waals surface area (Å²) in [7, 11) is 0. The maximum atomic E-state index is 13.8. The van der Waals surface area contributed by atoms with Crippen molar-refractivity contribution < 1.29 is 8.78 Å². The van der Waals surface area contributed by atoms with Crippen molar-refractivity contribution in [2.75, 3.05) is 6.54 Å². The highest BCUT2D eigenvalue weighted by molar-refractivity contribution is 5.28.